The summed E-state index contributed by atoms with van der Waals surface area (Å²) in [6.07, 6.45) is 1.37. The van der Waals surface area contributed by atoms with Crippen molar-refractivity contribution in [3.05, 3.63) is 60.6 Å². The molecule has 4 N–H and O–H groups in total. The van der Waals surface area contributed by atoms with Crippen molar-refractivity contribution in [3.8, 4) is 17.0 Å². The van der Waals surface area contributed by atoms with E-state index in [2.05, 4.69) is 25.5 Å². The number of rotatable bonds is 4. The second-order valence-electron chi connectivity index (χ2n) is 7.07. The highest BCUT2D eigenvalue weighted by Gasteiger charge is 2.18. The second kappa shape index (κ2) is 7.13. The molecule has 9 nitrogen and oxygen atoms in total. The lowest BCUT2D eigenvalue weighted by Gasteiger charge is -2.12. The van der Waals surface area contributed by atoms with Crippen LogP contribution >= 0.6 is 0 Å². The van der Waals surface area contributed by atoms with Crippen molar-refractivity contribution in [3.63, 3.8) is 0 Å². The lowest BCUT2D eigenvalue weighted by atomic mass is 10.1. The molecule has 0 unspecified atom stereocenters. The van der Waals surface area contributed by atoms with Crippen LogP contribution in [-0.4, -0.2) is 37.7 Å². The maximum Gasteiger partial charge on any atom is 0.272 e. The number of nitrogens with zero attached hydrogens (tertiary/aromatic N) is 4. The summed E-state index contributed by atoms with van der Waals surface area (Å²) in [4.78, 5) is 21.1. The molecule has 0 aliphatic rings. The van der Waals surface area contributed by atoms with Gasteiger partial charge in [0.15, 0.2) is 5.65 Å². The third-order valence-electron chi connectivity index (χ3n) is 5.30. The minimum Gasteiger partial charge on any atom is -0.495 e. The molecule has 154 valence electrons. The van der Waals surface area contributed by atoms with Crippen LogP contribution in [0.5, 0.6) is 5.75 Å². The van der Waals surface area contributed by atoms with Crippen LogP contribution < -0.4 is 15.8 Å². The first-order valence-electron chi connectivity index (χ1n) is 9.55. The second-order valence-corrected chi connectivity index (χ2v) is 7.07. The van der Waals surface area contributed by atoms with E-state index < -0.39 is 0 Å². The number of H-pyrrole nitrogens is 1. The van der Waals surface area contributed by atoms with Gasteiger partial charge >= 0.3 is 0 Å². The number of anilines is 2. The number of fused-ring (bicyclic) bond motifs is 2. The Morgan fingerprint density at radius 2 is 2.00 bits per heavy atom. The lowest BCUT2D eigenvalue weighted by Crippen LogP contribution is -2.16. The molecule has 31 heavy (non-hydrogen) atoms. The zero-order valence-electron chi connectivity index (χ0n) is 16.9. The van der Waals surface area contributed by atoms with E-state index in [1.165, 1.54) is 6.33 Å². The first-order valence-corrected chi connectivity index (χ1v) is 9.55. The third-order valence-corrected chi connectivity index (χ3v) is 5.30. The molecule has 0 spiro atoms. The molecule has 2 aromatic carbocycles. The SMILES string of the molecule is COc1cc(-c2[nH]nc3ncnc(N)c23)ccc1NC(=O)c1cc2ccccc2n1C. The zero-order valence-corrected chi connectivity index (χ0v) is 16.9. The molecule has 0 aliphatic carbocycles. The highest BCUT2D eigenvalue weighted by atomic mass is 16.5. The van der Waals surface area contributed by atoms with Gasteiger partial charge in [-0.05, 0) is 24.3 Å². The minimum absolute atomic E-state index is 0.227. The topological polar surface area (TPSA) is 124 Å². The van der Waals surface area contributed by atoms with E-state index in [-0.39, 0.29) is 5.91 Å². The molecule has 3 aromatic heterocycles. The van der Waals surface area contributed by atoms with Gasteiger partial charge in [0.1, 0.15) is 23.6 Å². The highest BCUT2D eigenvalue weighted by Crippen LogP contribution is 2.34. The van der Waals surface area contributed by atoms with E-state index in [1.54, 1.807) is 19.2 Å². The number of methoxy groups -OCH3 is 1. The van der Waals surface area contributed by atoms with E-state index in [1.807, 2.05) is 48.0 Å². The summed E-state index contributed by atoms with van der Waals surface area (Å²) < 4.78 is 7.40. The number of nitrogens with two attached hydrogens (primary N) is 1. The first kappa shape index (κ1) is 18.6. The van der Waals surface area contributed by atoms with Crippen LogP contribution in [0.15, 0.2) is 54.9 Å². The summed E-state index contributed by atoms with van der Waals surface area (Å²) in [5.74, 6) is 0.609. The summed E-state index contributed by atoms with van der Waals surface area (Å²) in [5.41, 5.74) is 10.0. The van der Waals surface area contributed by atoms with Crippen molar-refractivity contribution in [1.82, 2.24) is 24.7 Å². The molecule has 0 saturated heterocycles. The van der Waals surface area contributed by atoms with Gasteiger partial charge in [0, 0.05) is 23.5 Å². The summed E-state index contributed by atoms with van der Waals surface area (Å²) >= 11 is 0. The van der Waals surface area contributed by atoms with Crippen LogP contribution in [-0.2, 0) is 7.05 Å². The fraction of sp³-hybridized carbons (Fsp3) is 0.0909. The quantitative estimate of drug-likeness (QED) is 0.415. The Hall–Kier alpha value is -4.40. The lowest BCUT2D eigenvalue weighted by molar-refractivity contribution is 0.101. The minimum atomic E-state index is -0.227. The third kappa shape index (κ3) is 3.03. The Morgan fingerprint density at radius 1 is 1.16 bits per heavy atom. The van der Waals surface area contributed by atoms with Crippen LogP contribution in [0.4, 0.5) is 11.5 Å². The van der Waals surface area contributed by atoms with E-state index in [0.717, 1.165) is 16.5 Å². The number of aromatic nitrogens is 5. The Bertz CT molecular complexity index is 1450. The van der Waals surface area contributed by atoms with Gasteiger partial charge in [0.2, 0.25) is 0 Å². The molecular formula is C22H19N7O2. The first-order chi connectivity index (χ1) is 15.1. The fourth-order valence-electron chi connectivity index (χ4n) is 3.73. The van der Waals surface area contributed by atoms with E-state index in [4.69, 9.17) is 10.5 Å². The number of aryl methyl sites for hydroxylation is 1. The molecular weight excluding hydrogens is 394 g/mol. The van der Waals surface area contributed by atoms with Gasteiger partial charge in [-0.1, -0.05) is 24.3 Å². The van der Waals surface area contributed by atoms with Crippen molar-refractivity contribution < 1.29 is 9.53 Å². The van der Waals surface area contributed by atoms with Crippen LogP contribution in [0.1, 0.15) is 10.5 Å². The molecule has 0 radical (unpaired) electrons. The molecule has 0 fully saturated rings. The number of benzene rings is 2. The number of nitrogen functional groups attached to an aromatic ring is 1. The van der Waals surface area contributed by atoms with E-state index >= 15 is 0 Å². The molecule has 9 heteroatoms. The Balaban J connectivity index is 1.50. The summed E-state index contributed by atoms with van der Waals surface area (Å²) in [6, 6.07) is 15.1. The van der Waals surface area contributed by atoms with Crippen LogP contribution in [0.25, 0.3) is 33.2 Å². The van der Waals surface area contributed by atoms with Crippen molar-refractivity contribution in [2.75, 3.05) is 18.2 Å². The normalized spacial score (nSPS) is 11.2. The molecule has 0 saturated carbocycles. The fourth-order valence-corrected chi connectivity index (χ4v) is 3.73. The average molecular weight is 413 g/mol. The Labute approximate surface area is 176 Å². The van der Waals surface area contributed by atoms with E-state index in [0.29, 0.717) is 39.7 Å². The maximum absolute atomic E-state index is 13.0. The number of para-hydroxylation sites is 1. The van der Waals surface area contributed by atoms with Crippen molar-refractivity contribution in [2.45, 2.75) is 0 Å². The van der Waals surface area contributed by atoms with Crippen molar-refractivity contribution >= 4 is 39.3 Å². The largest absolute Gasteiger partial charge is 0.495 e. The molecule has 0 aliphatic heterocycles. The van der Waals surface area contributed by atoms with E-state index in [9.17, 15) is 4.79 Å². The van der Waals surface area contributed by atoms with Gasteiger partial charge in [-0.2, -0.15) is 5.10 Å². The number of carbonyl (C=O) groups is 1. The molecule has 5 aromatic rings. The maximum atomic E-state index is 13.0. The zero-order chi connectivity index (χ0) is 21.5. The molecule has 1 amide bonds. The van der Waals surface area contributed by atoms with Crippen LogP contribution in [0, 0.1) is 0 Å². The number of ether oxygens (including phenoxy) is 1. The highest BCUT2D eigenvalue weighted by molar-refractivity contribution is 6.07. The number of hydrogen-bond donors (Lipinski definition) is 3. The number of aromatic amines is 1. The molecule has 5 rings (SSSR count). The molecule has 3 heterocycles. The van der Waals surface area contributed by atoms with Crippen molar-refractivity contribution in [1.29, 1.82) is 0 Å². The predicted molar refractivity (Wildman–Crippen MR) is 119 cm³/mol. The summed E-state index contributed by atoms with van der Waals surface area (Å²) in [6.45, 7) is 0. The Kier molecular flexibility index (Phi) is 4.28. The molecule has 0 atom stereocenters. The molecule has 0 bridgehead atoms. The number of amides is 1. The van der Waals surface area contributed by atoms with Crippen LogP contribution in [0.3, 0.4) is 0 Å². The number of hydrogen-bond acceptors (Lipinski definition) is 6. The van der Waals surface area contributed by atoms with Gasteiger partial charge in [-0.15, -0.1) is 0 Å². The smallest absolute Gasteiger partial charge is 0.272 e. The monoisotopic (exact) mass is 413 g/mol. The standard InChI is InChI=1S/C22H19N7O2/c1-29-15-6-4-3-5-12(15)9-16(29)22(30)26-14-8-7-13(10-17(14)31-2)19-18-20(23)24-11-25-21(18)28-27-19/h3-11H,1-2H3,(H,26,30)(H3,23,24,25,27,28). The predicted octanol–water partition coefficient (Wildman–Crippen LogP) is 3.35. The average Bonchev–Trinajstić information content (AvgIpc) is 3.37. The van der Waals surface area contributed by atoms with Crippen molar-refractivity contribution in [2.24, 2.45) is 7.05 Å². The van der Waals surface area contributed by atoms with Gasteiger partial charge in [0.05, 0.1) is 23.9 Å². The summed E-state index contributed by atoms with van der Waals surface area (Å²) in [5, 5.41) is 11.7. The number of nitrogens with one attached hydrogen (secondary N) is 2. The van der Waals surface area contributed by atoms with Crippen LogP contribution in [0.2, 0.25) is 0 Å². The van der Waals surface area contributed by atoms with Gasteiger partial charge in [-0.25, -0.2) is 9.97 Å². The summed E-state index contributed by atoms with van der Waals surface area (Å²) in [7, 11) is 3.42. The van der Waals surface area contributed by atoms with Gasteiger partial charge < -0.3 is 20.4 Å². The Morgan fingerprint density at radius 3 is 2.81 bits per heavy atom. The number of carbonyl (C=O) groups excluding carboxylic acids is 1. The van der Waals surface area contributed by atoms with Gasteiger partial charge in [0.25, 0.3) is 5.91 Å². The van der Waals surface area contributed by atoms with Gasteiger partial charge in [-0.3, -0.25) is 9.89 Å².